The van der Waals surface area contributed by atoms with Gasteiger partial charge in [0.05, 0.1) is 18.6 Å². The van der Waals surface area contributed by atoms with Crippen molar-refractivity contribution in [1.82, 2.24) is 0 Å². The average Bonchev–Trinajstić information content (AvgIpc) is 2.30. The number of ether oxygens (including phenoxy) is 2. The molecular weight excluding hydrogens is 184 g/mol. The summed E-state index contributed by atoms with van der Waals surface area (Å²) in [5.41, 5.74) is 0. The van der Waals surface area contributed by atoms with Gasteiger partial charge in [0.25, 0.3) is 0 Å². The van der Waals surface area contributed by atoms with Gasteiger partial charge in [-0.1, -0.05) is 0 Å². The number of hydrogen-bond acceptors (Lipinski definition) is 4. The first-order valence-electron chi connectivity index (χ1n) is 8.93. The van der Waals surface area contributed by atoms with Crippen LogP contribution in [0.5, 0.6) is 0 Å². The van der Waals surface area contributed by atoms with E-state index in [2.05, 4.69) is 9.47 Å². The number of esters is 2. The molecule has 0 radical (unpaired) electrons. The quantitative estimate of drug-likeness (QED) is 0.476. The molecular formula is C10H18O4. The minimum atomic E-state index is -3.13. The van der Waals surface area contributed by atoms with Crippen molar-refractivity contribution in [3.8, 4) is 0 Å². The van der Waals surface area contributed by atoms with Crippen LogP contribution in [-0.4, -0.2) is 25.1 Å². The molecule has 0 aliphatic carbocycles. The van der Waals surface area contributed by atoms with Gasteiger partial charge in [-0.2, -0.15) is 0 Å². The van der Waals surface area contributed by atoms with Crippen LogP contribution in [0, 0.1) is 0 Å². The van der Waals surface area contributed by atoms with E-state index in [1.165, 1.54) is 0 Å². The van der Waals surface area contributed by atoms with Crippen molar-refractivity contribution in [3.05, 3.63) is 0 Å². The van der Waals surface area contributed by atoms with E-state index >= 15 is 0 Å². The molecule has 0 heterocycles. The predicted molar refractivity (Wildman–Crippen MR) is 51.7 cm³/mol. The summed E-state index contributed by atoms with van der Waals surface area (Å²) in [5.74, 6) is -2.22. The summed E-state index contributed by atoms with van der Waals surface area (Å²) >= 11 is 0. The van der Waals surface area contributed by atoms with Crippen molar-refractivity contribution in [2.75, 3.05) is 13.1 Å². The number of rotatable bonds is 7. The Labute approximate surface area is 98.6 Å². The van der Waals surface area contributed by atoms with Crippen molar-refractivity contribution in [2.24, 2.45) is 0 Å². The number of carbonyl (C=O) groups excluding carboxylic acids is 2. The second-order valence-corrected chi connectivity index (χ2v) is 2.36. The highest BCUT2D eigenvalue weighted by Crippen LogP contribution is 2.02. The van der Waals surface area contributed by atoms with Gasteiger partial charge in [-0.25, -0.2) is 0 Å². The molecule has 4 heteroatoms. The first kappa shape index (κ1) is 3.83. The Hall–Kier alpha value is -1.06. The second kappa shape index (κ2) is 8.53. The molecule has 0 bridgehead atoms. The van der Waals surface area contributed by atoms with Crippen LogP contribution in [0.2, 0.25) is 0 Å². The van der Waals surface area contributed by atoms with Crippen LogP contribution in [0.1, 0.15) is 53.1 Å². The lowest BCUT2D eigenvalue weighted by molar-refractivity contribution is -0.145. The Balaban J connectivity index is 4.19. The molecule has 0 aliphatic rings. The monoisotopic (exact) mass is 212 g/mol. The van der Waals surface area contributed by atoms with E-state index < -0.39 is 38.8 Å². The SMILES string of the molecule is [2H]C([2H])([2H])C([2H])([2H])OC(=O)CCCCC(=O)OC([2H])([2H])C([2H])([2H])[2H]. The Morgan fingerprint density at radius 1 is 1.07 bits per heavy atom. The molecule has 4 nitrogen and oxygen atoms in total. The minimum absolute atomic E-state index is 0.0157. The Morgan fingerprint density at radius 2 is 1.50 bits per heavy atom. The molecule has 0 aromatic heterocycles. The third-order valence-electron chi connectivity index (χ3n) is 1.34. The largest absolute Gasteiger partial charge is 0.466 e. The van der Waals surface area contributed by atoms with E-state index in [9.17, 15) is 9.59 Å². The molecule has 0 fully saturated rings. The van der Waals surface area contributed by atoms with Crippen LogP contribution in [0.4, 0.5) is 0 Å². The molecule has 0 rings (SSSR count). The third-order valence-corrected chi connectivity index (χ3v) is 1.34. The summed E-state index contributed by atoms with van der Waals surface area (Å²) in [6.45, 7) is -12.5. The summed E-state index contributed by atoms with van der Waals surface area (Å²) < 4.78 is 78.1. The predicted octanol–water partition coefficient (Wildman–Crippen LogP) is 1.67. The smallest absolute Gasteiger partial charge is 0.305 e. The summed E-state index contributed by atoms with van der Waals surface area (Å²) in [6, 6.07) is 0. The lowest BCUT2D eigenvalue weighted by atomic mass is 10.2. The molecule has 0 aliphatic heterocycles. The molecule has 14 heavy (non-hydrogen) atoms. The summed E-state index contributed by atoms with van der Waals surface area (Å²) in [6.07, 6.45) is -0.701. The van der Waals surface area contributed by atoms with Gasteiger partial charge in [-0.3, -0.25) is 9.59 Å². The van der Waals surface area contributed by atoms with Crippen LogP contribution in [-0.2, 0) is 19.1 Å². The van der Waals surface area contributed by atoms with E-state index in [1.807, 2.05) is 0 Å². The second-order valence-electron chi connectivity index (χ2n) is 2.36. The lowest BCUT2D eigenvalue weighted by Gasteiger charge is -2.02. The Morgan fingerprint density at radius 3 is 1.86 bits per heavy atom. The topological polar surface area (TPSA) is 52.6 Å². The van der Waals surface area contributed by atoms with Crippen LogP contribution in [0.3, 0.4) is 0 Å². The highest BCUT2D eigenvalue weighted by molar-refractivity contribution is 5.70. The molecule has 0 N–H and O–H groups in total. The molecule has 0 saturated heterocycles. The van der Waals surface area contributed by atoms with Gasteiger partial charge >= 0.3 is 11.9 Å². The standard InChI is InChI=1S/C10H18O4/c1-3-13-9(11)7-5-6-8-10(12)14-4-2/h3-8H2,1-2H3/i1D3,2D3,3D2,4D2. The normalized spacial score (nSPS) is 24.0. The van der Waals surface area contributed by atoms with Crippen molar-refractivity contribution in [1.29, 1.82) is 0 Å². The van der Waals surface area contributed by atoms with E-state index in [-0.39, 0.29) is 25.7 Å². The van der Waals surface area contributed by atoms with Crippen LogP contribution >= 0.6 is 0 Å². The zero-order valence-corrected chi connectivity index (χ0v) is 7.46. The molecule has 0 amide bonds. The summed E-state index contributed by atoms with van der Waals surface area (Å²) in [7, 11) is 0. The van der Waals surface area contributed by atoms with E-state index in [1.54, 1.807) is 0 Å². The van der Waals surface area contributed by atoms with Crippen molar-refractivity contribution in [2.45, 2.75) is 39.4 Å². The lowest BCUT2D eigenvalue weighted by Crippen LogP contribution is -2.06. The Kier molecular flexibility index (Phi) is 2.34. The number of hydrogen-bond donors (Lipinski definition) is 0. The molecule has 0 aromatic rings. The maximum Gasteiger partial charge on any atom is 0.305 e. The van der Waals surface area contributed by atoms with E-state index in [0.717, 1.165) is 0 Å². The molecule has 0 aromatic carbocycles. The van der Waals surface area contributed by atoms with Gasteiger partial charge in [-0.05, 0) is 26.5 Å². The fourth-order valence-corrected chi connectivity index (χ4v) is 0.755. The maximum absolute atomic E-state index is 11.3. The van der Waals surface area contributed by atoms with Gasteiger partial charge < -0.3 is 9.47 Å². The summed E-state index contributed by atoms with van der Waals surface area (Å²) in [5, 5.41) is 0. The van der Waals surface area contributed by atoms with Crippen LogP contribution in [0.25, 0.3) is 0 Å². The highest BCUT2D eigenvalue weighted by Gasteiger charge is 2.04. The number of carbonyl (C=O) groups is 2. The van der Waals surface area contributed by atoms with Gasteiger partial charge in [0.2, 0.25) is 0 Å². The molecule has 0 saturated carbocycles. The molecule has 82 valence electrons. The minimum Gasteiger partial charge on any atom is -0.466 e. The fourth-order valence-electron chi connectivity index (χ4n) is 0.755. The van der Waals surface area contributed by atoms with Crippen molar-refractivity contribution in [3.63, 3.8) is 0 Å². The molecule has 0 spiro atoms. The maximum atomic E-state index is 11.3. The van der Waals surface area contributed by atoms with Gasteiger partial charge in [0, 0.05) is 21.1 Å². The fraction of sp³-hybridized carbons (Fsp3) is 0.800. The van der Waals surface area contributed by atoms with Crippen LogP contribution < -0.4 is 0 Å². The van der Waals surface area contributed by atoms with Gasteiger partial charge in [0.1, 0.15) is 0 Å². The average molecular weight is 212 g/mol. The Bertz CT molecular complexity index is 412. The molecule has 0 atom stereocenters. The number of unbranched alkanes of at least 4 members (excludes halogenated alkanes) is 1. The summed E-state index contributed by atoms with van der Waals surface area (Å²) in [4.78, 5) is 22.7. The highest BCUT2D eigenvalue weighted by atomic mass is 16.5. The van der Waals surface area contributed by atoms with Crippen LogP contribution in [0.15, 0.2) is 0 Å². The zero-order chi connectivity index (χ0) is 19.4. The van der Waals surface area contributed by atoms with Crippen molar-refractivity contribution >= 4 is 11.9 Å². The van der Waals surface area contributed by atoms with Gasteiger partial charge in [0.15, 0.2) is 0 Å². The van der Waals surface area contributed by atoms with E-state index in [0.29, 0.717) is 0 Å². The van der Waals surface area contributed by atoms with Crippen molar-refractivity contribution < 1.29 is 32.8 Å². The zero-order valence-electron chi connectivity index (χ0n) is 17.5. The third kappa shape index (κ3) is 7.58. The molecule has 0 unspecified atom stereocenters. The van der Waals surface area contributed by atoms with E-state index in [4.69, 9.17) is 13.7 Å². The first-order chi connectivity index (χ1) is 10.5. The first-order valence-corrected chi connectivity index (χ1v) is 3.93. The van der Waals surface area contributed by atoms with Gasteiger partial charge in [-0.15, -0.1) is 0 Å².